The summed E-state index contributed by atoms with van der Waals surface area (Å²) in [6, 6.07) is 16.8. The van der Waals surface area contributed by atoms with Crippen molar-refractivity contribution in [2.24, 2.45) is 0 Å². The summed E-state index contributed by atoms with van der Waals surface area (Å²) in [5.41, 5.74) is 4.03. The van der Waals surface area contributed by atoms with E-state index in [-0.39, 0.29) is 11.7 Å². The van der Waals surface area contributed by atoms with Crippen LogP contribution in [0.25, 0.3) is 0 Å². The first kappa shape index (κ1) is 22.7. The van der Waals surface area contributed by atoms with E-state index >= 15 is 0 Å². The molecule has 0 aromatic heterocycles. The molecular formula is C28H36N2O2. The van der Waals surface area contributed by atoms with Gasteiger partial charge in [-0.1, -0.05) is 69.0 Å². The van der Waals surface area contributed by atoms with Crippen LogP contribution in [0, 0.1) is 0 Å². The molecule has 1 aliphatic carbocycles. The fraction of sp³-hybridized carbons (Fsp3) is 0.500. The number of benzene rings is 2. The Bertz CT molecular complexity index is 918. The highest BCUT2D eigenvalue weighted by Gasteiger charge is 2.36. The van der Waals surface area contributed by atoms with Crippen LogP contribution in [-0.4, -0.2) is 36.2 Å². The fourth-order valence-electron chi connectivity index (χ4n) is 5.20. The number of rotatable bonds is 10. The second-order valence-corrected chi connectivity index (χ2v) is 9.31. The Labute approximate surface area is 192 Å². The Kier molecular flexibility index (Phi) is 7.75. The molecule has 2 aromatic rings. The van der Waals surface area contributed by atoms with Crippen molar-refractivity contribution in [1.82, 2.24) is 4.90 Å². The van der Waals surface area contributed by atoms with Crippen molar-refractivity contribution in [1.29, 1.82) is 0 Å². The SMILES string of the molecule is CCN(CCCCCN1C(=O)C(=O)c2cc(C3CCCCC3)ccc21)Cc1ccccc1. The summed E-state index contributed by atoms with van der Waals surface area (Å²) >= 11 is 0. The van der Waals surface area contributed by atoms with Crippen molar-refractivity contribution < 1.29 is 9.59 Å². The summed E-state index contributed by atoms with van der Waals surface area (Å²) in [6.07, 6.45) is 9.32. The first-order valence-corrected chi connectivity index (χ1v) is 12.4. The summed E-state index contributed by atoms with van der Waals surface area (Å²) in [6.45, 7) is 5.90. The largest absolute Gasteiger partial charge is 0.305 e. The van der Waals surface area contributed by atoms with Crippen LogP contribution >= 0.6 is 0 Å². The predicted octanol–water partition coefficient (Wildman–Crippen LogP) is 5.96. The van der Waals surface area contributed by atoms with Gasteiger partial charge in [-0.2, -0.15) is 0 Å². The molecule has 0 radical (unpaired) electrons. The maximum Gasteiger partial charge on any atom is 0.299 e. The molecule has 0 bridgehead atoms. The molecule has 1 fully saturated rings. The van der Waals surface area contributed by atoms with Gasteiger partial charge in [-0.15, -0.1) is 0 Å². The van der Waals surface area contributed by atoms with Crippen LogP contribution in [0.1, 0.15) is 85.7 Å². The number of carbonyl (C=O) groups is 2. The smallest absolute Gasteiger partial charge is 0.299 e. The van der Waals surface area contributed by atoms with Crippen LogP contribution in [0.15, 0.2) is 48.5 Å². The number of Topliss-reactive ketones (excluding diaryl/α,β-unsaturated/α-hetero) is 1. The lowest BCUT2D eigenvalue weighted by molar-refractivity contribution is -0.114. The number of carbonyl (C=O) groups excluding carboxylic acids is 2. The van der Waals surface area contributed by atoms with Crippen molar-refractivity contribution >= 4 is 17.4 Å². The Hall–Kier alpha value is -2.46. The standard InChI is InChI=1S/C28H36N2O2/c1-2-29(21-22-12-6-3-7-13-22)18-10-5-11-19-30-26-17-16-24(23-14-8-4-9-15-23)20-25(26)27(31)28(30)32/h3,6-7,12-13,16-17,20,23H,2,4-5,8-11,14-15,18-19,21H2,1H3. The molecule has 0 unspecified atom stereocenters. The number of hydrogen-bond acceptors (Lipinski definition) is 3. The van der Waals surface area contributed by atoms with Gasteiger partial charge < -0.3 is 4.90 Å². The second kappa shape index (κ2) is 10.9. The first-order chi connectivity index (χ1) is 15.7. The number of anilines is 1. The van der Waals surface area contributed by atoms with Gasteiger partial charge in [-0.05, 0) is 68.0 Å². The van der Waals surface area contributed by atoms with Crippen molar-refractivity contribution in [3.63, 3.8) is 0 Å². The van der Waals surface area contributed by atoms with Crippen molar-refractivity contribution in [2.75, 3.05) is 24.5 Å². The minimum Gasteiger partial charge on any atom is -0.305 e. The van der Waals surface area contributed by atoms with Crippen molar-refractivity contribution in [3.8, 4) is 0 Å². The zero-order valence-electron chi connectivity index (χ0n) is 19.4. The normalized spacial score (nSPS) is 16.8. The Balaban J connectivity index is 1.28. The van der Waals surface area contributed by atoms with E-state index in [9.17, 15) is 9.59 Å². The predicted molar refractivity (Wildman–Crippen MR) is 130 cm³/mol. The van der Waals surface area contributed by atoms with Gasteiger partial charge in [0.2, 0.25) is 0 Å². The van der Waals surface area contributed by atoms with E-state index in [0.717, 1.165) is 44.6 Å². The van der Waals surface area contributed by atoms with E-state index in [1.807, 2.05) is 12.1 Å². The van der Waals surface area contributed by atoms with E-state index in [2.05, 4.69) is 48.2 Å². The molecule has 2 aliphatic rings. The van der Waals surface area contributed by atoms with Gasteiger partial charge in [-0.25, -0.2) is 0 Å². The van der Waals surface area contributed by atoms with Gasteiger partial charge >= 0.3 is 0 Å². The number of unbranched alkanes of at least 4 members (excludes halogenated alkanes) is 2. The number of amides is 1. The number of ketones is 1. The summed E-state index contributed by atoms with van der Waals surface area (Å²) in [7, 11) is 0. The second-order valence-electron chi connectivity index (χ2n) is 9.31. The number of hydrogen-bond donors (Lipinski definition) is 0. The molecule has 0 atom stereocenters. The maximum atomic E-state index is 12.6. The van der Waals surface area contributed by atoms with Gasteiger partial charge in [0.05, 0.1) is 11.3 Å². The molecule has 32 heavy (non-hydrogen) atoms. The Morgan fingerprint density at radius 3 is 2.47 bits per heavy atom. The van der Waals surface area contributed by atoms with Gasteiger partial charge in [0.25, 0.3) is 11.7 Å². The highest BCUT2D eigenvalue weighted by atomic mass is 16.2. The highest BCUT2D eigenvalue weighted by Crippen LogP contribution is 2.37. The zero-order chi connectivity index (χ0) is 22.3. The van der Waals surface area contributed by atoms with E-state index in [0.29, 0.717) is 18.0 Å². The average Bonchev–Trinajstić information content (AvgIpc) is 3.08. The molecular weight excluding hydrogens is 396 g/mol. The van der Waals surface area contributed by atoms with E-state index in [1.165, 1.54) is 43.2 Å². The topological polar surface area (TPSA) is 40.6 Å². The molecule has 2 aromatic carbocycles. The molecule has 0 N–H and O–H groups in total. The quantitative estimate of drug-likeness (QED) is 0.344. The molecule has 0 spiro atoms. The van der Waals surface area contributed by atoms with Crippen LogP contribution in [0.4, 0.5) is 5.69 Å². The Morgan fingerprint density at radius 1 is 0.938 bits per heavy atom. The third-order valence-electron chi connectivity index (χ3n) is 7.12. The van der Waals surface area contributed by atoms with Crippen molar-refractivity contribution in [3.05, 3.63) is 65.2 Å². The molecule has 1 heterocycles. The van der Waals surface area contributed by atoms with Crippen LogP contribution < -0.4 is 4.90 Å². The summed E-state index contributed by atoms with van der Waals surface area (Å²) in [5.74, 6) is -0.124. The van der Waals surface area contributed by atoms with Crippen LogP contribution in [0.5, 0.6) is 0 Å². The van der Waals surface area contributed by atoms with Gasteiger partial charge in [0, 0.05) is 13.1 Å². The first-order valence-electron chi connectivity index (χ1n) is 12.4. The molecule has 4 rings (SSSR count). The lowest BCUT2D eigenvalue weighted by atomic mass is 9.83. The molecule has 1 aliphatic heterocycles. The third kappa shape index (κ3) is 5.29. The average molecular weight is 433 g/mol. The summed E-state index contributed by atoms with van der Waals surface area (Å²) in [5, 5.41) is 0. The summed E-state index contributed by atoms with van der Waals surface area (Å²) in [4.78, 5) is 29.4. The number of fused-ring (bicyclic) bond motifs is 1. The minimum absolute atomic E-state index is 0.322. The van der Waals surface area contributed by atoms with Crippen LogP contribution in [0.2, 0.25) is 0 Å². The fourth-order valence-corrected chi connectivity index (χ4v) is 5.20. The lowest BCUT2D eigenvalue weighted by Gasteiger charge is -2.23. The molecule has 4 heteroatoms. The van der Waals surface area contributed by atoms with E-state index in [1.54, 1.807) is 4.90 Å². The molecule has 1 amide bonds. The van der Waals surface area contributed by atoms with E-state index in [4.69, 9.17) is 0 Å². The van der Waals surface area contributed by atoms with Crippen molar-refractivity contribution in [2.45, 2.75) is 70.8 Å². The van der Waals surface area contributed by atoms with Gasteiger partial charge in [-0.3, -0.25) is 14.5 Å². The molecule has 170 valence electrons. The monoisotopic (exact) mass is 432 g/mol. The van der Waals surface area contributed by atoms with Gasteiger partial charge in [0.1, 0.15) is 0 Å². The zero-order valence-corrected chi connectivity index (χ0v) is 19.4. The molecule has 1 saturated carbocycles. The highest BCUT2D eigenvalue weighted by molar-refractivity contribution is 6.52. The maximum absolute atomic E-state index is 12.6. The van der Waals surface area contributed by atoms with Gasteiger partial charge in [0.15, 0.2) is 0 Å². The van der Waals surface area contributed by atoms with E-state index < -0.39 is 0 Å². The van der Waals surface area contributed by atoms with Crippen LogP contribution in [0.3, 0.4) is 0 Å². The molecule has 0 saturated heterocycles. The number of nitrogens with zero attached hydrogens (tertiary/aromatic N) is 2. The third-order valence-corrected chi connectivity index (χ3v) is 7.12. The Morgan fingerprint density at radius 2 is 1.72 bits per heavy atom. The summed E-state index contributed by atoms with van der Waals surface area (Å²) < 4.78 is 0. The molecule has 4 nitrogen and oxygen atoms in total. The minimum atomic E-state index is -0.347. The lowest BCUT2D eigenvalue weighted by Crippen LogP contribution is -2.30. The van der Waals surface area contributed by atoms with Crippen LogP contribution in [-0.2, 0) is 11.3 Å².